The second-order valence-corrected chi connectivity index (χ2v) is 7.89. The Hall–Kier alpha value is -2.41. The minimum absolute atomic E-state index is 0.0692. The zero-order valence-electron chi connectivity index (χ0n) is 14.4. The van der Waals surface area contributed by atoms with Crippen molar-refractivity contribution < 1.29 is 17.6 Å². The van der Waals surface area contributed by atoms with E-state index < -0.39 is 21.7 Å². The molecule has 0 aromatic heterocycles. The second kappa shape index (κ2) is 7.65. The summed E-state index contributed by atoms with van der Waals surface area (Å²) >= 11 is 0. The van der Waals surface area contributed by atoms with Crippen molar-refractivity contribution >= 4 is 21.6 Å². The van der Waals surface area contributed by atoms with E-state index >= 15 is 0 Å². The van der Waals surface area contributed by atoms with Gasteiger partial charge in [-0.05, 0) is 57.2 Å². The average Bonchev–Trinajstić information content (AvgIpc) is 2.53. The Morgan fingerprint density at radius 1 is 1.08 bits per heavy atom. The van der Waals surface area contributed by atoms with Gasteiger partial charge in [0.15, 0.2) is 0 Å². The maximum atomic E-state index is 13.2. The van der Waals surface area contributed by atoms with Gasteiger partial charge in [0.2, 0.25) is 5.91 Å². The van der Waals surface area contributed by atoms with Gasteiger partial charge < -0.3 is 5.32 Å². The molecular weight excluding hydrogens is 343 g/mol. The number of rotatable bonds is 6. The van der Waals surface area contributed by atoms with E-state index in [-0.39, 0.29) is 23.2 Å². The van der Waals surface area contributed by atoms with Gasteiger partial charge in [-0.25, -0.2) is 12.8 Å². The number of sulfonamides is 1. The standard InChI is InChI=1S/C18H21FN2O3S/c1-13(2)20-18(22)12-21(16-8-6-15(19)7-9-16)25(23,24)17-10-4-14(3)5-11-17/h4-11,13H,12H2,1-3H3,(H,20,22). The normalized spacial score (nSPS) is 11.4. The summed E-state index contributed by atoms with van der Waals surface area (Å²) in [7, 11) is -3.96. The minimum atomic E-state index is -3.96. The monoisotopic (exact) mass is 364 g/mol. The molecule has 1 amide bonds. The van der Waals surface area contributed by atoms with E-state index in [1.54, 1.807) is 26.0 Å². The molecule has 0 spiro atoms. The van der Waals surface area contributed by atoms with Crippen LogP contribution in [0.2, 0.25) is 0 Å². The molecule has 0 saturated carbocycles. The maximum Gasteiger partial charge on any atom is 0.264 e. The lowest BCUT2D eigenvalue weighted by Crippen LogP contribution is -2.42. The lowest BCUT2D eigenvalue weighted by Gasteiger charge is -2.24. The molecule has 0 aliphatic heterocycles. The molecule has 2 aromatic rings. The Bertz CT molecular complexity index is 832. The van der Waals surface area contributed by atoms with Crippen LogP contribution in [0.5, 0.6) is 0 Å². The van der Waals surface area contributed by atoms with Crippen molar-refractivity contribution in [1.82, 2.24) is 5.32 Å². The van der Waals surface area contributed by atoms with Gasteiger partial charge in [0, 0.05) is 6.04 Å². The number of benzene rings is 2. The summed E-state index contributed by atoms with van der Waals surface area (Å²) in [5.41, 5.74) is 1.14. The smallest absolute Gasteiger partial charge is 0.264 e. The summed E-state index contributed by atoms with van der Waals surface area (Å²) in [4.78, 5) is 12.2. The summed E-state index contributed by atoms with van der Waals surface area (Å²) in [6, 6.07) is 11.2. The van der Waals surface area contributed by atoms with Gasteiger partial charge in [0.25, 0.3) is 10.0 Å². The highest BCUT2D eigenvalue weighted by molar-refractivity contribution is 7.92. The number of carbonyl (C=O) groups excluding carboxylic acids is 1. The number of anilines is 1. The Labute approximate surface area is 147 Å². The molecule has 25 heavy (non-hydrogen) atoms. The van der Waals surface area contributed by atoms with Gasteiger partial charge in [-0.3, -0.25) is 9.10 Å². The molecule has 0 atom stereocenters. The van der Waals surface area contributed by atoms with E-state index in [1.807, 2.05) is 6.92 Å². The molecule has 0 unspecified atom stereocenters. The van der Waals surface area contributed by atoms with Crippen LogP contribution in [0.25, 0.3) is 0 Å². The van der Waals surface area contributed by atoms with E-state index in [4.69, 9.17) is 0 Å². The van der Waals surface area contributed by atoms with E-state index in [1.165, 1.54) is 24.3 Å². The van der Waals surface area contributed by atoms with Crippen LogP contribution < -0.4 is 9.62 Å². The lowest BCUT2D eigenvalue weighted by atomic mass is 10.2. The van der Waals surface area contributed by atoms with Crippen molar-refractivity contribution in [3.8, 4) is 0 Å². The average molecular weight is 364 g/mol. The fourth-order valence-electron chi connectivity index (χ4n) is 2.26. The highest BCUT2D eigenvalue weighted by Gasteiger charge is 2.27. The fourth-order valence-corrected chi connectivity index (χ4v) is 3.68. The van der Waals surface area contributed by atoms with Crippen molar-refractivity contribution in [3.05, 3.63) is 59.9 Å². The summed E-state index contributed by atoms with van der Waals surface area (Å²) < 4.78 is 40.2. The Balaban J connectivity index is 2.44. The van der Waals surface area contributed by atoms with Gasteiger partial charge >= 0.3 is 0 Å². The topological polar surface area (TPSA) is 66.5 Å². The third-order valence-corrected chi connectivity index (χ3v) is 5.25. The molecule has 1 N–H and O–H groups in total. The molecule has 0 aliphatic rings. The number of aryl methyl sites for hydroxylation is 1. The first-order valence-electron chi connectivity index (χ1n) is 7.84. The SMILES string of the molecule is Cc1ccc(S(=O)(=O)N(CC(=O)NC(C)C)c2ccc(F)cc2)cc1. The molecule has 0 fully saturated rings. The molecular formula is C18H21FN2O3S. The number of hydrogen-bond donors (Lipinski definition) is 1. The Morgan fingerprint density at radius 3 is 2.16 bits per heavy atom. The third-order valence-electron chi connectivity index (χ3n) is 3.46. The highest BCUT2D eigenvalue weighted by Crippen LogP contribution is 2.24. The van der Waals surface area contributed by atoms with E-state index in [0.717, 1.165) is 22.0 Å². The number of carbonyl (C=O) groups is 1. The number of halogens is 1. The zero-order chi connectivity index (χ0) is 18.6. The van der Waals surface area contributed by atoms with Crippen LogP contribution >= 0.6 is 0 Å². The molecule has 0 bridgehead atoms. The Morgan fingerprint density at radius 2 is 1.64 bits per heavy atom. The van der Waals surface area contributed by atoms with Gasteiger partial charge in [-0.2, -0.15) is 0 Å². The molecule has 134 valence electrons. The molecule has 0 saturated heterocycles. The summed E-state index contributed by atoms with van der Waals surface area (Å²) in [6.07, 6.45) is 0. The van der Waals surface area contributed by atoms with Crippen LogP contribution in [0.3, 0.4) is 0 Å². The lowest BCUT2D eigenvalue weighted by molar-refractivity contribution is -0.120. The van der Waals surface area contributed by atoms with Crippen LogP contribution in [-0.4, -0.2) is 26.9 Å². The van der Waals surface area contributed by atoms with Crippen LogP contribution in [0, 0.1) is 12.7 Å². The molecule has 2 rings (SSSR count). The van der Waals surface area contributed by atoms with Gasteiger partial charge in [0.05, 0.1) is 10.6 Å². The molecule has 0 radical (unpaired) electrons. The van der Waals surface area contributed by atoms with Crippen molar-refractivity contribution in [3.63, 3.8) is 0 Å². The molecule has 0 heterocycles. The number of nitrogens with one attached hydrogen (secondary N) is 1. The predicted octanol–water partition coefficient (Wildman–Crippen LogP) is 2.85. The van der Waals surface area contributed by atoms with E-state index in [9.17, 15) is 17.6 Å². The summed E-state index contributed by atoms with van der Waals surface area (Å²) in [5, 5.41) is 2.67. The summed E-state index contributed by atoms with van der Waals surface area (Å²) in [6.45, 7) is 5.04. The first-order chi connectivity index (χ1) is 11.7. The number of nitrogens with zero attached hydrogens (tertiary/aromatic N) is 1. The quantitative estimate of drug-likeness (QED) is 0.857. The zero-order valence-corrected chi connectivity index (χ0v) is 15.2. The third kappa shape index (κ3) is 4.79. The predicted molar refractivity (Wildman–Crippen MR) is 95.4 cm³/mol. The first kappa shape index (κ1) is 18.9. The number of amides is 1. The molecule has 5 nitrogen and oxygen atoms in total. The van der Waals surface area contributed by atoms with E-state index in [0.29, 0.717) is 0 Å². The van der Waals surface area contributed by atoms with Crippen molar-refractivity contribution in [2.75, 3.05) is 10.8 Å². The minimum Gasteiger partial charge on any atom is -0.352 e. The van der Waals surface area contributed by atoms with Gasteiger partial charge in [-0.15, -0.1) is 0 Å². The van der Waals surface area contributed by atoms with Crippen LogP contribution in [0.4, 0.5) is 10.1 Å². The molecule has 2 aromatic carbocycles. The maximum absolute atomic E-state index is 13.2. The van der Waals surface area contributed by atoms with Crippen LogP contribution in [-0.2, 0) is 14.8 Å². The second-order valence-electron chi connectivity index (χ2n) is 6.02. The first-order valence-corrected chi connectivity index (χ1v) is 9.28. The fraction of sp³-hybridized carbons (Fsp3) is 0.278. The van der Waals surface area contributed by atoms with Gasteiger partial charge in [0.1, 0.15) is 12.4 Å². The summed E-state index contributed by atoms with van der Waals surface area (Å²) in [5.74, 6) is -0.918. The van der Waals surface area contributed by atoms with Crippen molar-refractivity contribution in [2.45, 2.75) is 31.7 Å². The van der Waals surface area contributed by atoms with Crippen molar-refractivity contribution in [1.29, 1.82) is 0 Å². The largest absolute Gasteiger partial charge is 0.352 e. The van der Waals surface area contributed by atoms with Gasteiger partial charge in [-0.1, -0.05) is 17.7 Å². The van der Waals surface area contributed by atoms with E-state index in [2.05, 4.69) is 5.32 Å². The van der Waals surface area contributed by atoms with Crippen LogP contribution in [0.15, 0.2) is 53.4 Å². The van der Waals surface area contributed by atoms with Crippen molar-refractivity contribution in [2.24, 2.45) is 0 Å². The number of hydrogen-bond acceptors (Lipinski definition) is 3. The highest BCUT2D eigenvalue weighted by atomic mass is 32.2. The Kier molecular flexibility index (Phi) is 5.79. The molecule has 7 heteroatoms. The van der Waals surface area contributed by atoms with Crippen LogP contribution in [0.1, 0.15) is 19.4 Å². The molecule has 0 aliphatic carbocycles.